The van der Waals surface area contributed by atoms with Crippen LogP contribution in [0, 0.1) is 5.92 Å². The van der Waals surface area contributed by atoms with Gasteiger partial charge in [-0.3, -0.25) is 9.52 Å². The lowest BCUT2D eigenvalue weighted by Gasteiger charge is -2.30. The molecule has 0 aliphatic carbocycles. The SMILES string of the molecule is CC1CCN(C(=O)c2ccccc2NS(=O)(=O)c2ccc(Cl)cc2)CC1. The van der Waals surface area contributed by atoms with E-state index in [9.17, 15) is 13.2 Å². The van der Waals surface area contributed by atoms with E-state index in [-0.39, 0.29) is 16.5 Å². The molecule has 138 valence electrons. The highest BCUT2D eigenvalue weighted by Crippen LogP contribution is 2.24. The van der Waals surface area contributed by atoms with Gasteiger partial charge in [0.05, 0.1) is 16.1 Å². The lowest BCUT2D eigenvalue weighted by molar-refractivity contribution is 0.0698. The second-order valence-electron chi connectivity index (χ2n) is 6.58. The maximum atomic E-state index is 12.9. The second-order valence-corrected chi connectivity index (χ2v) is 8.70. The smallest absolute Gasteiger partial charge is 0.261 e. The lowest BCUT2D eigenvalue weighted by atomic mass is 9.98. The Morgan fingerprint density at radius 2 is 1.69 bits per heavy atom. The Kier molecular flexibility index (Phi) is 5.53. The van der Waals surface area contributed by atoms with Crippen LogP contribution in [0.25, 0.3) is 0 Å². The van der Waals surface area contributed by atoms with E-state index < -0.39 is 10.0 Å². The number of hydrogen-bond donors (Lipinski definition) is 1. The Bertz CT molecular complexity index is 889. The molecule has 0 unspecified atom stereocenters. The number of benzene rings is 2. The van der Waals surface area contributed by atoms with Crippen molar-refractivity contribution >= 4 is 33.2 Å². The molecule has 1 aliphatic heterocycles. The lowest BCUT2D eigenvalue weighted by Crippen LogP contribution is -2.38. The van der Waals surface area contributed by atoms with Gasteiger partial charge in [0, 0.05) is 18.1 Å². The van der Waals surface area contributed by atoms with Crippen LogP contribution in [0.2, 0.25) is 5.02 Å². The molecule has 1 heterocycles. The average Bonchev–Trinajstić information content (AvgIpc) is 2.62. The van der Waals surface area contributed by atoms with Gasteiger partial charge in [-0.25, -0.2) is 8.42 Å². The van der Waals surface area contributed by atoms with Crippen LogP contribution < -0.4 is 4.72 Å². The monoisotopic (exact) mass is 392 g/mol. The second kappa shape index (κ2) is 7.68. The summed E-state index contributed by atoms with van der Waals surface area (Å²) in [6, 6.07) is 12.6. The summed E-state index contributed by atoms with van der Waals surface area (Å²) < 4.78 is 27.8. The average molecular weight is 393 g/mol. The molecule has 0 bridgehead atoms. The fraction of sp³-hybridized carbons (Fsp3) is 0.316. The van der Waals surface area contributed by atoms with Crippen LogP contribution in [0.4, 0.5) is 5.69 Å². The van der Waals surface area contributed by atoms with Gasteiger partial charge in [0.1, 0.15) is 0 Å². The number of piperidine rings is 1. The summed E-state index contributed by atoms with van der Waals surface area (Å²) in [6.07, 6.45) is 1.93. The molecule has 3 rings (SSSR count). The minimum Gasteiger partial charge on any atom is -0.339 e. The molecule has 1 saturated heterocycles. The summed E-state index contributed by atoms with van der Waals surface area (Å²) in [5.41, 5.74) is 0.644. The molecule has 7 heteroatoms. The van der Waals surface area contributed by atoms with Crippen LogP contribution >= 0.6 is 11.6 Å². The summed E-state index contributed by atoms with van der Waals surface area (Å²) in [6.45, 7) is 3.56. The molecule has 0 spiro atoms. The van der Waals surface area contributed by atoms with Crippen LogP contribution in [0.1, 0.15) is 30.1 Å². The first-order chi connectivity index (χ1) is 12.4. The molecule has 5 nitrogen and oxygen atoms in total. The Labute approximate surface area is 159 Å². The molecular weight excluding hydrogens is 372 g/mol. The van der Waals surface area contributed by atoms with Crippen LogP contribution in [0.5, 0.6) is 0 Å². The number of carbonyl (C=O) groups is 1. The van der Waals surface area contributed by atoms with Crippen LogP contribution in [0.15, 0.2) is 53.4 Å². The Hall–Kier alpha value is -2.05. The van der Waals surface area contributed by atoms with Crippen LogP contribution in [-0.2, 0) is 10.0 Å². The van der Waals surface area contributed by atoms with Crippen molar-refractivity contribution in [1.82, 2.24) is 4.90 Å². The number of para-hydroxylation sites is 1. The van der Waals surface area contributed by atoms with Crippen molar-refractivity contribution in [3.8, 4) is 0 Å². The third-order valence-corrected chi connectivity index (χ3v) is 6.23. The fourth-order valence-electron chi connectivity index (χ4n) is 2.96. The topological polar surface area (TPSA) is 66.5 Å². The Balaban J connectivity index is 1.85. The third-order valence-electron chi connectivity index (χ3n) is 4.60. The largest absolute Gasteiger partial charge is 0.339 e. The predicted molar refractivity (Wildman–Crippen MR) is 103 cm³/mol. The van der Waals surface area contributed by atoms with Gasteiger partial charge in [0.15, 0.2) is 0 Å². The molecule has 1 fully saturated rings. The summed E-state index contributed by atoms with van der Waals surface area (Å²) >= 11 is 5.82. The van der Waals surface area contributed by atoms with Gasteiger partial charge in [-0.15, -0.1) is 0 Å². The number of anilines is 1. The minimum atomic E-state index is -3.80. The highest BCUT2D eigenvalue weighted by Gasteiger charge is 2.24. The zero-order valence-electron chi connectivity index (χ0n) is 14.5. The molecule has 0 saturated carbocycles. The standard InChI is InChI=1S/C19H21ClN2O3S/c1-14-10-12-22(13-11-14)19(23)17-4-2-3-5-18(17)21-26(24,25)16-8-6-15(20)7-9-16/h2-9,14,21H,10-13H2,1H3. The maximum absolute atomic E-state index is 12.9. The fourth-order valence-corrected chi connectivity index (χ4v) is 4.16. The number of hydrogen-bond acceptors (Lipinski definition) is 3. The van der Waals surface area contributed by atoms with Crippen molar-refractivity contribution in [1.29, 1.82) is 0 Å². The molecule has 1 amide bonds. The van der Waals surface area contributed by atoms with E-state index in [0.717, 1.165) is 12.8 Å². The van der Waals surface area contributed by atoms with Gasteiger partial charge >= 0.3 is 0 Å². The van der Waals surface area contributed by atoms with E-state index in [1.165, 1.54) is 24.3 Å². The first-order valence-corrected chi connectivity index (χ1v) is 10.4. The van der Waals surface area contributed by atoms with Gasteiger partial charge in [0.25, 0.3) is 15.9 Å². The predicted octanol–water partition coefficient (Wildman–Crippen LogP) is 4.01. The van der Waals surface area contributed by atoms with E-state index in [2.05, 4.69) is 11.6 Å². The molecule has 0 atom stereocenters. The molecule has 2 aromatic rings. The summed E-state index contributed by atoms with van der Waals surface area (Å²) in [5.74, 6) is 0.462. The van der Waals surface area contributed by atoms with Crippen LogP contribution in [0.3, 0.4) is 0 Å². The van der Waals surface area contributed by atoms with Crippen molar-refractivity contribution in [3.63, 3.8) is 0 Å². The third kappa shape index (κ3) is 4.19. The quantitative estimate of drug-likeness (QED) is 0.854. The maximum Gasteiger partial charge on any atom is 0.261 e. The number of halogens is 1. The number of rotatable bonds is 4. The molecular formula is C19H21ClN2O3S. The minimum absolute atomic E-state index is 0.0935. The molecule has 0 radical (unpaired) electrons. The zero-order chi connectivity index (χ0) is 18.7. The zero-order valence-corrected chi connectivity index (χ0v) is 16.1. The van der Waals surface area contributed by atoms with Crippen molar-refractivity contribution in [2.24, 2.45) is 5.92 Å². The first kappa shape index (κ1) is 18.7. The van der Waals surface area contributed by atoms with Gasteiger partial charge in [-0.05, 0) is 55.2 Å². The number of nitrogens with zero attached hydrogens (tertiary/aromatic N) is 1. The molecule has 2 aromatic carbocycles. The number of likely N-dealkylation sites (tertiary alicyclic amines) is 1. The number of sulfonamides is 1. The van der Waals surface area contributed by atoms with Crippen molar-refractivity contribution in [2.75, 3.05) is 17.8 Å². The van der Waals surface area contributed by atoms with Gasteiger partial charge < -0.3 is 4.90 Å². The molecule has 26 heavy (non-hydrogen) atoms. The van der Waals surface area contributed by atoms with E-state index in [1.54, 1.807) is 29.2 Å². The van der Waals surface area contributed by atoms with E-state index in [1.807, 2.05) is 0 Å². The van der Waals surface area contributed by atoms with Crippen LogP contribution in [-0.4, -0.2) is 32.3 Å². The van der Waals surface area contributed by atoms with Gasteiger partial charge in [-0.1, -0.05) is 30.7 Å². The number of nitrogens with one attached hydrogen (secondary N) is 1. The van der Waals surface area contributed by atoms with Crippen molar-refractivity contribution in [3.05, 3.63) is 59.1 Å². The molecule has 0 aromatic heterocycles. The number of carbonyl (C=O) groups excluding carboxylic acids is 1. The highest BCUT2D eigenvalue weighted by molar-refractivity contribution is 7.92. The first-order valence-electron chi connectivity index (χ1n) is 8.53. The van der Waals surface area contributed by atoms with Crippen molar-refractivity contribution < 1.29 is 13.2 Å². The Morgan fingerprint density at radius 3 is 2.35 bits per heavy atom. The van der Waals surface area contributed by atoms with Gasteiger partial charge in [-0.2, -0.15) is 0 Å². The van der Waals surface area contributed by atoms with Crippen molar-refractivity contribution in [2.45, 2.75) is 24.7 Å². The summed E-state index contributed by atoms with van der Waals surface area (Å²) in [5, 5.41) is 0.457. The summed E-state index contributed by atoms with van der Waals surface area (Å²) in [7, 11) is -3.80. The summed E-state index contributed by atoms with van der Waals surface area (Å²) in [4.78, 5) is 14.7. The van der Waals surface area contributed by atoms with E-state index >= 15 is 0 Å². The van der Waals surface area contributed by atoms with E-state index in [4.69, 9.17) is 11.6 Å². The van der Waals surface area contributed by atoms with E-state index in [0.29, 0.717) is 29.6 Å². The Morgan fingerprint density at radius 1 is 1.08 bits per heavy atom. The molecule has 1 aliphatic rings. The normalized spacial score (nSPS) is 15.7. The highest BCUT2D eigenvalue weighted by atomic mass is 35.5. The van der Waals surface area contributed by atoms with Gasteiger partial charge in [0.2, 0.25) is 0 Å². The molecule has 1 N–H and O–H groups in total. The number of amides is 1.